The molecule has 17 heavy (non-hydrogen) atoms. The second kappa shape index (κ2) is 4.14. The van der Waals surface area contributed by atoms with Gasteiger partial charge in [-0.25, -0.2) is 24.3 Å². The zero-order valence-corrected chi connectivity index (χ0v) is 8.62. The molecule has 0 aliphatic heterocycles. The zero-order chi connectivity index (χ0) is 12.4. The smallest absolute Gasteiger partial charge is 0.335 e. The average Bonchev–Trinajstić information content (AvgIpc) is 2.74. The Morgan fingerprint density at radius 1 is 1.35 bits per heavy atom. The first-order chi connectivity index (χ1) is 8.13. The number of nitrogens with zero attached hydrogens (tertiary/aromatic N) is 4. The van der Waals surface area contributed by atoms with Crippen molar-refractivity contribution >= 4 is 28.9 Å². The van der Waals surface area contributed by atoms with E-state index in [0.29, 0.717) is 5.52 Å². The molecule has 0 atom stereocenters. The van der Waals surface area contributed by atoms with Crippen molar-refractivity contribution in [3.63, 3.8) is 0 Å². The van der Waals surface area contributed by atoms with E-state index in [1.165, 1.54) is 12.7 Å². The summed E-state index contributed by atoms with van der Waals surface area (Å²) in [4.78, 5) is 34.1. The summed E-state index contributed by atoms with van der Waals surface area (Å²) in [5.41, 5.74) is 11.1. The third kappa shape index (κ3) is 1.90. The number of fused-ring (bicyclic) bond motifs is 1. The van der Waals surface area contributed by atoms with E-state index in [1.807, 2.05) is 0 Å². The molecule has 0 saturated heterocycles. The molecular weight excluding hydrogens is 226 g/mol. The second-order valence-electron chi connectivity index (χ2n) is 3.10. The summed E-state index contributed by atoms with van der Waals surface area (Å²) < 4.78 is 1.06. The van der Waals surface area contributed by atoms with E-state index in [1.54, 1.807) is 0 Å². The van der Waals surface area contributed by atoms with Crippen molar-refractivity contribution in [2.24, 2.45) is 5.73 Å². The number of carbonyl (C=O) groups excluding carboxylic acids is 2. The highest BCUT2D eigenvalue weighted by atomic mass is 16.2. The van der Waals surface area contributed by atoms with Crippen molar-refractivity contribution < 1.29 is 9.59 Å². The highest BCUT2D eigenvalue weighted by Crippen LogP contribution is 2.13. The number of nitrogens with one attached hydrogen (secondary N) is 1. The molecule has 5 N–H and O–H groups in total. The molecule has 0 saturated carbocycles. The van der Waals surface area contributed by atoms with Crippen LogP contribution in [0.5, 0.6) is 0 Å². The molecule has 2 heterocycles. The van der Waals surface area contributed by atoms with Gasteiger partial charge in [0, 0.05) is 0 Å². The van der Waals surface area contributed by atoms with Crippen molar-refractivity contribution in [2.45, 2.75) is 0 Å². The predicted octanol–water partition coefficient (Wildman–Crippen LogP) is -1.55. The summed E-state index contributed by atoms with van der Waals surface area (Å²) in [5, 5.41) is 2.06. The van der Waals surface area contributed by atoms with E-state index in [9.17, 15) is 9.59 Å². The van der Waals surface area contributed by atoms with Crippen LogP contribution in [-0.2, 0) is 4.79 Å². The summed E-state index contributed by atoms with van der Waals surface area (Å²) >= 11 is 0. The van der Waals surface area contributed by atoms with Gasteiger partial charge in [-0.05, 0) is 0 Å². The number of hydrogen-bond acceptors (Lipinski definition) is 7. The normalized spacial score (nSPS) is 10.4. The maximum atomic E-state index is 11.6. The molecule has 9 heteroatoms. The Morgan fingerprint density at radius 2 is 2.12 bits per heavy atom. The number of anilines is 1. The van der Waals surface area contributed by atoms with Gasteiger partial charge in [-0.3, -0.25) is 10.1 Å². The lowest BCUT2D eigenvalue weighted by Gasteiger charge is -2.02. The molecule has 0 radical (unpaired) electrons. The summed E-state index contributed by atoms with van der Waals surface area (Å²) in [6.45, 7) is -0.282. The molecule has 0 spiro atoms. The molecule has 88 valence electrons. The number of imide groups is 1. The SMILES string of the molecule is NCC(=O)NC(=O)n1cnc2c(N)ncnc21. The first-order valence-corrected chi connectivity index (χ1v) is 4.61. The van der Waals surface area contributed by atoms with Crippen LogP contribution in [0.3, 0.4) is 0 Å². The first-order valence-electron chi connectivity index (χ1n) is 4.61. The highest BCUT2D eigenvalue weighted by Gasteiger charge is 2.14. The fourth-order valence-corrected chi connectivity index (χ4v) is 1.23. The Labute approximate surface area is 94.8 Å². The Kier molecular flexibility index (Phi) is 2.66. The first kappa shape index (κ1) is 11.0. The van der Waals surface area contributed by atoms with Crippen LogP contribution in [0.4, 0.5) is 10.6 Å². The Balaban J connectivity index is 2.40. The van der Waals surface area contributed by atoms with Crippen molar-refractivity contribution in [1.82, 2.24) is 24.8 Å². The van der Waals surface area contributed by atoms with Gasteiger partial charge in [-0.2, -0.15) is 0 Å². The largest absolute Gasteiger partial charge is 0.382 e. The van der Waals surface area contributed by atoms with Crippen LogP contribution in [0, 0.1) is 0 Å². The van der Waals surface area contributed by atoms with E-state index in [-0.39, 0.29) is 18.0 Å². The van der Waals surface area contributed by atoms with Gasteiger partial charge < -0.3 is 11.5 Å². The van der Waals surface area contributed by atoms with E-state index >= 15 is 0 Å². The standard InChI is InChI=1S/C8H9N7O2/c9-1-4(16)14-8(17)15-3-13-5-6(10)11-2-12-7(5)15/h2-3H,1,9H2,(H2,10,11,12)(H,14,16,17). The summed E-state index contributed by atoms with van der Waals surface area (Å²) in [5.74, 6) is -0.439. The molecule has 2 aromatic heterocycles. The average molecular weight is 235 g/mol. The van der Waals surface area contributed by atoms with E-state index < -0.39 is 11.9 Å². The lowest BCUT2D eigenvalue weighted by molar-refractivity contribution is -0.118. The zero-order valence-electron chi connectivity index (χ0n) is 8.62. The van der Waals surface area contributed by atoms with Gasteiger partial charge in [0.25, 0.3) is 0 Å². The van der Waals surface area contributed by atoms with Crippen LogP contribution in [-0.4, -0.2) is 38.0 Å². The lowest BCUT2D eigenvalue weighted by atomic mass is 10.5. The van der Waals surface area contributed by atoms with Crippen molar-refractivity contribution in [3.8, 4) is 0 Å². The summed E-state index contributed by atoms with van der Waals surface area (Å²) in [6.07, 6.45) is 2.41. The molecule has 0 aromatic carbocycles. The molecular formula is C8H9N7O2. The molecule has 0 unspecified atom stereocenters. The minimum Gasteiger partial charge on any atom is -0.382 e. The quantitative estimate of drug-likeness (QED) is 0.543. The second-order valence-corrected chi connectivity index (χ2v) is 3.10. The number of amides is 2. The molecule has 2 aromatic rings. The van der Waals surface area contributed by atoms with Crippen LogP contribution < -0.4 is 16.8 Å². The molecule has 9 nitrogen and oxygen atoms in total. The third-order valence-corrected chi connectivity index (χ3v) is 2.01. The monoisotopic (exact) mass is 235 g/mol. The lowest BCUT2D eigenvalue weighted by Crippen LogP contribution is -2.37. The topological polar surface area (TPSA) is 142 Å². The van der Waals surface area contributed by atoms with Crippen LogP contribution >= 0.6 is 0 Å². The summed E-state index contributed by atoms with van der Waals surface area (Å²) in [7, 11) is 0. The van der Waals surface area contributed by atoms with Gasteiger partial charge in [0.15, 0.2) is 17.0 Å². The number of nitrogens with two attached hydrogens (primary N) is 2. The molecule has 0 aliphatic carbocycles. The number of aromatic nitrogens is 4. The van der Waals surface area contributed by atoms with Gasteiger partial charge in [0.1, 0.15) is 12.7 Å². The number of hydrogen-bond donors (Lipinski definition) is 3. The van der Waals surface area contributed by atoms with Gasteiger partial charge in [0.05, 0.1) is 6.54 Å². The molecule has 0 bridgehead atoms. The van der Waals surface area contributed by atoms with Crippen molar-refractivity contribution in [3.05, 3.63) is 12.7 Å². The number of imidazole rings is 1. The van der Waals surface area contributed by atoms with Crippen LogP contribution in [0.25, 0.3) is 11.2 Å². The van der Waals surface area contributed by atoms with Crippen LogP contribution in [0.15, 0.2) is 12.7 Å². The minimum atomic E-state index is -0.693. The van der Waals surface area contributed by atoms with E-state index in [0.717, 1.165) is 4.57 Å². The van der Waals surface area contributed by atoms with E-state index in [2.05, 4.69) is 20.3 Å². The van der Waals surface area contributed by atoms with Crippen molar-refractivity contribution in [1.29, 1.82) is 0 Å². The van der Waals surface area contributed by atoms with Crippen molar-refractivity contribution in [2.75, 3.05) is 12.3 Å². The molecule has 0 fully saturated rings. The molecule has 0 aliphatic rings. The van der Waals surface area contributed by atoms with E-state index in [4.69, 9.17) is 11.5 Å². The van der Waals surface area contributed by atoms with Gasteiger partial charge in [0.2, 0.25) is 5.91 Å². The highest BCUT2D eigenvalue weighted by molar-refractivity contribution is 5.99. The van der Waals surface area contributed by atoms with Gasteiger partial charge >= 0.3 is 6.03 Å². The maximum absolute atomic E-state index is 11.6. The number of nitrogen functional groups attached to an aromatic ring is 1. The Bertz CT molecular complexity index is 591. The minimum absolute atomic E-state index is 0.159. The molecule has 2 amide bonds. The maximum Gasteiger partial charge on any atom is 0.335 e. The number of carbonyl (C=O) groups is 2. The fraction of sp³-hybridized carbons (Fsp3) is 0.125. The predicted molar refractivity (Wildman–Crippen MR) is 57.7 cm³/mol. The molecule has 2 rings (SSSR count). The van der Waals surface area contributed by atoms with Crippen LogP contribution in [0.1, 0.15) is 0 Å². The third-order valence-electron chi connectivity index (χ3n) is 2.01. The Morgan fingerprint density at radius 3 is 2.82 bits per heavy atom. The Hall–Kier alpha value is -2.55. The van der Waals surface area contributed by atoms with Gasteiger partial charge in [-0.15, -0.1) is 0 Å². The van der Waals surface area contributed by atoms with Crippen LogP contribution in [0.2, 0.25) is 0 Å². The van der Waals surface area contributed by atoms with Gasteiger partial charge in [-0.1, -0.05) is 0 Å². The number of rotatable bonds is 1. The fourth-order valence-electron chi connectivity index (χ4n) is 1.23. The summed E-state index contributed by atoms with van der Waals surface area (Å²) in [6, 6.07) is -0.693.